The fourth-order valence-electron chi connectivity index (χ4n) is 2.13. The van der Waals surface area contributed by atoms with Crippen molar-refractivity contribution in [1.82, 2.24) is 9.97 Å². The molecule has 0 atom stereocenters. The first-order valence-electron chi connectivity index (χ1n) is 6.52. The molecular weight excluding hydrogens is 365 g/mol. The van der Waals surface area contributed by atoms with E-state index in [0.29, 0.717) is 19.0 Å². The van der Waals surface area contributed by atoms with Crippen LogP contribution in [0.3, 0.4) is 0 Å². The van der Waals surface area contributed by atoms with Crippen LogP contribution in [0, 0.1) is 0 Å². The SMILES string of the molecule is Cl.Cl.NCCNc1ncc(Br)c(N2CCCCCC2)n1. The van der Waals surface area contributed by atoms with Gasteiger partial charge in [0.1, 0.15) is 5.82 Å². The highest BCUT2D eigenvalue weighted by atomic mass is 79.9. The monoisotopic (exact) mass is 385 g/mol. The summed E-state index contributed by atoms with van der Waals surface area (Å²) >= 11 is 3.54. The normalized spacial score (nSPS) is 14.8. The van der Waals surface area contributed by atoms with E-state index >= 15 is 0 Å². The maximum atomic E-state index is 5.47. The van der Waals surface area contributed by atoms with Crippen LogP contribution in [0.5, 0.6) is 0 Å². The maximum absolute atomic E-state index is 5.47. The van der Waals surface area contributed by atoms with Crippen LogP contribution in [0.2, 0.25) is 0 Å². The third kappa shape index (κ3) is 5.60. The zero-order valence-corrected chi connectivity index (χ0v) is 14.6. The second-order valence-electron chi connectivity index (χ2n) is 4.48. The van der Waals surface area contributed by atoms with E-state index in [1.165, 1.54) is 25.7 Å². The summed E-state index contributed by atoms with van der Waals surface area (Å²) in [6, 6.07) is 0. The van der Waals surface area contributed by atoms with Gasteiger partial charge in [0.05, 0.1) is 4.47 Å². The number of hydrogen-bond donors (Lipinski definition) is 2. The number of halogens is 3. The van der Waals surface area contributed by atoms with Crippen LogP contribution >= 0.6 is 40.7 Å². The lowest BCUT2D eigenvalue weighted by molar-refractivity contribution is 0.726. The molecule has 2 rings (SSSR count). The highest BCUT2D eigenvalue weighted by molar-refractivity contribution is 9.10. The van der Waals surface area contributed by atoms with Gasteiger partial charge in [0.25, 0.3) is 0 Å². The highest BCUT2D eigenvalue weighted by Crippen LogP contribution is 2.26. The van der Waals surface area contributed by atoms with Gasteiger partial charge in [-0.2, -0.15) is 4.98 Å². The summed E-state index contributed by atoms with van der Waals surface area (Å²) in [5.41, 5.74) is 5.47. The molecule has 0 aliphatic carbocycles. The third-order valence-corrected chi connectivity index (χ3v) is 3.62. The maximum Gasteiger partial charge on any atom is 0.224 e. The summed E-state index contributed by atoms with van der Waals surface area (Å²) in [6.45, 7) is 3.43. The number of aromatic nitrogens is 2. The molecule has 0 radical (unpaired) electrons. The van der Waals surface area contributed by atoms with Crippen molar-refractivity contribution < 1.29 is 0 Å². The van der Waals surface area contributed by atoms with Crippen LogP contribution in [-0.2, 0) is 0 Å². The van der Waals surface area contributed by atoms with Crippen LogP contribution in [0.15, 0.2) is 10.7 Å². The molecule has 1 saturated heterocycles. The molecule has 1 aromatic rings. The summed E-state index contributed by atoms with van der Waals surface area (Å²) in [4.78, 5) is 11.2. The number of nitrogens with two attached hydrogens (primary N) is 1. The number of hydrogen-bond acceptors (Lipinski definition) is 5. The van der Waals surface area contributed by atoms with E-state index < -0.39 is 0 Å². The molecule has 0 saturated carbocycles. The molecule has 2 heterocycles. The Morgan fingerprint density at radius 3 is 2.45 bits per heavy atom. The van der Waals surface area contributed by atoms with E-state index in [1.807, 2.05) is 6.20 Å². The van der Waals surface area contributed by atoms with Crippen molar-refractivity contribution >= 4 is 52.5 Å². The van der Waals surface area contributed by atoms with Crippen molar-refractivity contribution in [3.8, 4) is 0 Å². The molecule has 1 aliphatic heterocycles. The van der Waals surface area contributed by atoms with Crippen LogP contribution in [0.4, 0.5) is 11.8 Å². The molecular formula is C12H22BrCl2N5. The van der Waals surface area contributed by atoms with Crippen LogP contribution in [0.25, 0.3) is 0 Å². The Morgan fingerprint density at radius 2 is 1.85 bits per heavy atom. The predicted molar refractivity (Wildman–Crippen MR) is 92.5 cm³/mol. The first-order valence-corrected chi connectivity index (χ1v) is 7.32. The van der Waals surface area contributed by atoms with Gasteiger partial charge in [0.2, 0.25) is 5.95 Å². The molecule has 116 valence electrons. The molecule has 0 spiro atoms. The lowest BCUT2D eigenvalue weighted by atomic mass is 10.2. The van der Waals surface area contributed by atoms with E-state index in [-0.39, 0.29) is 24.8 Å². The standard InChI is InChI=1S/C12H20BrN5.2ClH/c13-10-9-16-12(15-6-5-14)17-11(10)18-7-3-1-2-4-8-18;;/h9H,1-8,14H2,(H,15,16,17);2*1H. The molecule has 0 amide bonds. The molecule has 0 aromatic carbocycles. The quantitative estimate of drug-likeness (QED) is 0.832. The van der Waals surface area contributed by atoms with Gasteiger partial charge in [-0.05, 0) is 28.8 Å². The van der Waals surface area contributed by atoms with Gasteiger partial charge < -0.3 is 16.0 Å². The van der Waals surface area contributed by atoms with Crippen LogP contribution < -0.4 is 16.0 Å². The largest absolute Gasteiger partial charge is 0.356 e. The molecule has 0 bridgehead atoms. The Balaban J connectivity index is 0.00000180. The van der Waals surface area contributed by atoms with Crippen molar-refractivity contribution in [1.29, 1.82) is 0 Å². The average molecular weight is 387 g/mol. The van der Waals surface area contributed by atoms with Gasteiger partial charge in [0, 0.05) is 32.4 Å². The smallest absolute Gasteiger partial charge is 0.224 e. The number of nitrogens with one attached hydrogen (secondary N) is 1. The number of nitrogens with zero attached hydrogens (tertiary/aromatic N) is 3. The minimum Gasteiger partial charge on any atom is -0.356 e. The summed E-state index contributed by atoms with van der Waals surface area (Å²) in [5, 5.41) is 3.12. The molecule has 3 N–H and O–H groups in total. The Kier molecular flexibility index (Phi) is 10.3. The molecule has 20 heavy (non-hydrogen) atoms. The van der Waals surface area contributed by atoms with Gasteiger partial charge in [-0.3, -0.25) is 0 Å². The van der Waals surface area contributed by atoms with Gasteiger partial charge >= 0.3 is 0 Å². The van der Waals surface area contributed by atoms with E-state index in [2.05, 4.69) is 36.1 Å². The van der Waals surface area contributed by atoms with Gasteiger partial charge in [-0.1, -0.05) is 12.8 Å². The molecule has 1 fully saturated rings. The Morgan fingerprint density at radius 1 is 1.20 bits per heavy atom. The number of anilines is 2. The summed E-state index contributed by atoms with van der Waals surface area (Å²) in [5.74, 6) is 1.65. The molecule has 5 nitrogen and oxygen atoms in total. The molecule has 1 aliphatic rings. The van der Waals surface area contributed by atoms with E-state index in [9.17, 15) is 0 Å². The Labute approximate surface area is 141 Å². The second-order valence-corrected chi connectivity index (χ2v) is 5.34. The summed E-state index contributed by atoms with van der Waals surface area (Å²) in [6.07, 6.45) is 6.92. The van der Waals surface area contributed by atoms with Crippen molar-refractivity contribution in [3.05, 3.63) is 10.7 Å². The van der Waals surface area contributed by atoms with E-state index in [0.717, 1.165) is 23.4 Å². The molecule has 1 aromatic heterocycles. The molecule has 8 heteroatoms. The predicted octanol–water partition coefficient (Wildman–Crippen LogP) is 2.83. The van der Waals surface area contributed by atoms with Crippen molar-refractivity contribution in [3.63, 3.8) is 0 Å². The van der Waals surface area contributed by atoms with Crippen molar-refractivity contribution in [2.75, 3.05) is 36.4 Å². The Bertz CT molecular complexity index is 386. The Hall–Kier alpha value is -0.300. The van der Waals surface area contributed by atoms with Crippen LogP contribution in [-0.4, -0.2) is 36.1 Å². The minimum atomic E-state index is 0. The van der Waals surface area contributed by atoms with Gasteiger partial charge in [-0.25, -0.2) is 4.98 Å². The number of rotatable bonds is 4. The first kappa shape index (κ1) is 19.7. The lowest BCUT2D eigenvalue weighted by Gasteiger charge is -2.22. The van der Waals surface area contributed by atoms with E-state index in [1.54, 1.807) is 0 Å². The fourth-order valence-corrected chi connectivity index (χ4v) is 2.57. The first-order chi connectivity index (χ1) is 8.81. The van der Waals surface area contributed by atoms with Gasteiger partial charge in [-0.15, -0.1) is 24.8 Å². The zero-order chi connectivity index (χ0) is 12.8. The van der Waals surface area contributed by atoms with Crippen LogP contribution in [0.1, 0.15) is 25.7 Å². The summed E-state index contributed by atoms with van der Waals surface area (Å²) in [7, 11) is 0. The zero-order valence-electron chi connectivity index (χ0n) is 11.3. The second kappa shape index (κ2) is 10.4. The fraction of sp³-hybridized carbons (Fsp3) is 0.667. The van der Waals surface area contributed by atoms with Crippen molar-refractivity contribution in [2.24, 2.45) is 5.73 Å². The average Bonchev–Trinajstić information content (AvgIpc) is 2.66. The third-order valence-electron chi connectivity index (χ3n) is 3.06. The topological polar surface area (TPSA) is 67.1 Å². The highest BCUT2D eigenvalue weighted by Gasteiger charge is 2.15. The summed E-state index contributed by atoms with van der Waals surface area (Å²) < 4.78 is 0.961. The van der Waals surface area contributed by atoms with Gasteiger partial charge in [0.15, 0.2) is 0 Å². The van der Waals surface area contributed by atoms with Crippen molar-refractivity contribution in [2.45, 2.75) is 25.7 Å². The minimum absolute atomic E-state index is 0. The van der Waals surface area contributed by atoms with E-state index in [4.69, 9.17) is 5.73 Å². The lowest BCUT2D eigenvalue weighted by Crippen LogP contribution is -2.26. The molecule has 0 unspecified atom stereocenters.